The first-order chi connectivity index (χ1) is 17.3. The summed E-state index contributed by atoms with van der Waals surface area (Å²) in [6.07, 6.45) is 6.44. The van der Waals surface area contributed by atoms with Gasteiger partial charge in [0, 0.05) is 36.6 Å². The molecule has 1 N–H and O–H groups in total. The summed E-state index contributed by atoms with van der Waals surface area (Å²) in [5.41, 5.74) is 2.82. The number of sulfone groups is 1. The molecule has 0 spiro atoms. The Labute approximate surface area is 210 Å². The number of methoxy groups -OCH3 is 1. The molecule has 192 valence electrons. The van der Waals surface area contributed by atoms with Gasteiger partial charge in [-0.05, 0) is 37.6 Å². The molecule has 0 saturated heterocycles. The lowest BCUT2D eigenvalue weighted by Crippen LogP contribution is -2.32. The van der Waals surface area contributed by atoms with Crippen molar-refractivity contribution in [2.45, 2.75) is 32.4 Å². The molecular weight excluding hydrogens is 482 g/mol. The van der Waals surface area contributed by atoms with Crippen molar-refractivity contribution in [3.63, 3.8) is 0 Å². The van der Waals surface area contributed by atoms with Gasteiger partial charge in [0.15, 0.2) is 5.65 Å². The number of fused-ring (bicyclic) bond motifs is 1. The standard InChI is InChI=1S/C26H31N3O6S/c1-5-34-22-10-8-7-9-19(22)18-13-20-25(27-15-18)29(26(30)28-20)21(16-36(4,31)32)17-11-12-23(33-3)24(14-17)35-6-2/h7-13,15,21,24H,5-6,14,16H2,1-4H3,(H,28,30)/t21-,24?/m1/s1. The van der Waals surface area contributed by atoms with E-state index in [4.69, 9.17) is 14.2 Å². The molecule has 3 aromatic rings. The first-order valence-electron chi connectivity index (χ1n) is 11.8. The van der Waals surface area contributed by atoms with Gasteiger partial charge < -0.3 is 19.2 Å². The smallest absolute Gasteiger partial charge is 0.328 e. The topological polar surface area (TPSA) is 113 Å². The fraction of sp³-hybridized carbons (Fsp3) is 0.385. The lowest BCUT2D eigenvalue weighted by molar-refractivity contribution is 0.0450. The first-order valence-corrected chi connectivity index (χ1v) is 13.9. The first kappa shape index (κ1) is 25.7. The zero-order valence-electron chi connectivity index (χ0n) is 20.9. The van der Waals surface area contributed by atoms with Crippen molar-refractivity contribution in [3.8, 4) is 16.9 Å². The van der Waals surface area contributed by atoms with E-state index < -0.39 is 21.6 Å². The maximum atomic E-state index is 13.2. The summed E-state index contributed by atoms with van der Waals surface area (Å²) in [4.78, 5) is 20.7. The number of rotatable bonds is 10. The summed E-state index contributed by atoms with van der Waals surface area (Å²) in [6.45, 7) is 4.79. The van der Waals surface area contributed by atoms with Crippen molar-refractivity contribution in [1.29, 1.82) is 0 Å². The monoisotopic (exact) mass is 513 g/mol. The Morgan fingerprint density at radius 3 is 2.67 bits per heavy atom. The molecule has 1 unspecified atom stereocenters. The Balaban J connectivity index is 1.82. The number of imidazole rings is 1. The number of nitrogens with zero attached hydrogens (tertiary/aromatic N) is 2. The molecule has 0 saturated carbocycles. The van der Waals surface area contributed by atoms with Gasteiger partial charge in [0.2, 0.25) is 0 Å². The van der Waals surface area contributed by atoms with E-state index >= 15 is 0 Å². The number of H-pyrrole nitrogens is 1. The maximum absolute atomic E-state index is 13.2. The molecule has 36 heavy (non-hydrogen) atoms. The quantitative estimate of drug-likeness (QED) is 0.440. The van der Waals surface area contributed by atoms with E-state index in [1.807, 2.05) is 50.3 Å². The van der Waals surface area contributed by atoms with Gasteiger partial charge in [0.1, 0.15) is 27.4 Å². The summed E-state index contributed by atoms with van der Waals surface area (Å²) < 4.78 is 43.3. The number of pyridine rings is 1. The van der Waals surface area contributed by atoms with Crippen LogP contribution in [-0.4, -0.2) is 61.4 Å². The Morgan fingerprint density at radius 1 is 1.19 bits per heavy atom. The van der Waals surface area contributed by atoms with E-state index in [9.17, 15) is 13.2 Å². The van der Waals surface area contributed by atoms with Crippen molar-refractivity contribution in [3.05, 3.63) is 70.5 Å². The SMILES string of the molecule is CCOc1ccccc1-c1cnc2c(c1)[nH]c(=O)n2[C@H](CS(C)(=O)=O)C1=CC=C(OC)C(OCC)C1. The highest BCUT2D eigenvalue weighted by molar-refractivity contribution is 7.90. The second-order valence-electron chi connectivity index (χ2n) is 8.60. The number of hydrogen-bond donors (Lipinski definition) is 1. The normalized spacial score (nSPS) is 16.9. The molecule has 0 fully saturated rings. The number of ether oxygens (including phenoxy) is 3. The zero-order chi connectivity index (χ0) is 25.9. The van der Waals surface area contributed by atoms with Gasteiger partial charge in [0.05, 0.1) is 31.0 Å². The molecule has 0 amide bonds. The highest BCUT2D eigenvalue weighted by Gasteiger charge is 2.31. The van der Waals surface area contributed by atoms with E-state index in [1.165, 1.54) is 4.57 Å². The van der Waals surface area contributed by atoms with Crippen LogP contribution in [0.15, 0.2) is 64.8 Å². The Bertz CT molecular complexity index is 1470. The zero-order valence-corrected chi connectivity index (χ0v) is 21.7. The molecule has 9 nitrogen and oxygen atoms in total. The molecular formula is C26H31N3O6S. The van der Waals surface area contributed by atoms with Crippen LogP contribution in [0.3, 0.4) is 0 Å². The lowest BCUT2D eigenvalue weighted by Gasteiger charge is -2.28. The minimum atomic E-state index is -3.45. The van der Waals surface area contributed by atoms with Gasteiger partial charge in [-0.1, -0.05) is 24.3 Å². The summed E-state index contributed by atoms with van der Waals surface area (Å²) in [5, 5.41) is 0. The van der Waals surface area contributed by atoms with Gasteiger partial charge in [-0.2, -0.15) is 0 Å². The number of para-hydroxylation sites is 1. The van der Waals surface area contributed by atoms with Gasteiger partial charge in [-0.25, -0.2) is 18.2 Å². The van der Waals surface area contributed by atoms with Crippen molar-refractivity contribution < 1.29 is 22.6 Å². The average molecular weight is 514 g/mol. The Morgan fingerprint density at radius 2 is 1.97 bits per heavy atom. The molecule has 1 aliphatic rings. The number of allylic oxidation sites excluding steroid dienone is 2. The van der Waals surface area contributed by atoms with Crippen LogP contribution in [0, 0.1) is 0 Å². The highest BCUT2D eigenvalue weighted by atomic mass is 32.2. The number of hydrogen-bond acceptors (Lipinski definition) is 7. The minimum Gasteiger partial charge on any atom is -0.498 e. The van der Waals surface area contributed by atoms with Crippen LogP contribution < -0.4 is 10.4 Å². The van der Waals surface area contributed by atoms with Gasteiger partial charge >= 0.3 is 5.69 Å². The maximum Gasteiger partial charge on any atom is 0.328 e. The number of aromatic nitrogens is 3. The molecule has 0 aliphatic heterocycles. The number of nitrogens with one attached hydrogen (secondary N) is 1. The number of benzene rings is 1. The average Bonchev–Trinajstić information content (AvgIpc) is 3.17. The van der Waals surface area contributed by atoms with Crippen LogP contribution in [0.1, 0.15) is 26.3 Å². The van der Waals surface area contributed by atoms with Gasteiger partial charge in [-0.3, -0.25) is 4.57 Å². The third kappa shape index (κ3) is 5.39. The van der Waals surface area contributed by atoms with Crippen molar-refractivity contribution in [2.24, 2.45) is 0 Å². The van der Waals surface area contributed by atoms with Crippen molar-refractivity contribution in [1.82, 2.24) is 14.5 Å². The summed E-state index contributed by atoms with van der Waals surface area (Å²) in [6, 6.07) is 8.68. The lowest BCUT2D eigenvalue weighted by atomic mass is 9.95. The fourth-order valence-electron chi connectivity index (χ4n) is 4.54. The van der Waals surface area contributed by atoms with Crippen LogP contribution in [0.25, 0.3) is 22.3 Å². The summed E-state index contributed by atoms with van der Waals surface area (Å²) >= 11 is 0. The minimum absolute atomic E-state index is 0.253. The largest absolute Gasteiger partial charge is 0.498 e. The summed E-state index contributed by atoms with van der Waals surface area (Å²) in [7, 11) is -1.88. The van der Waals surface area contributed by atoms with Gasteiger partial charge in [-0.15, -0.1) is 0 Å². The predicted molar refractivity (Wildman–Crippen MR) is 139 cm³/mol. The molecule has 0 radical (unpaired) electrons. The van der Waals surface area contributed by atoms with E-state index in [2.05, 4.69) is 9.97 Å². The van der Waals surface area contributed by atoms with Crippen molar-refractivity contribution >= 4 is 21.0 Å². The molecule has 1 aliphatic carbocycles. The van der Waals surface area contributed by atoms with E-state index in [-0.39, 0.29) is 11.9 Å². The van der Waals surface area contributed by atoms with Crippen LogP contribution in [0.4, 0.5) is 0 Å². The van der Waals surface area contributed by atoms with Crippen molar-refractivity contribution in [2.75, 3.05) is 32.3 Å². The summed E-state index contributed by atoms with van der Waals surface area (Å²) in [5.74, 6) is 1.12. The Hall–Kier alpha value is -3.37. The van der Waals surface area contributed by atoms with E-state index in [0.29, 0.717) is 42.3 Å². The molecule has 2 heterocycles. The molecule has 2 atom stereocenters. The molecule has 10 heteroatoms. The van der Waals surface area contributed by atoms with Gasteiger partial charge in [0.25, 0.3) is 0 Å². The highest BCUT2D eigenvalue weighted by Crippen LogP contribution is 2.34. The predicted octanol–water partition coefficient (Wildman–Crippen LogP) is 3.64. The fourth-order valence-corrected chi connectivity index (χ4v) is 5.47. The van der Waals surface area contributed by atoms with Crippen LogP contribution in [-0.2, 0) is 19.3 Å². The van der Waals surface area contributed by atoms with E-state index in [0.717, 1.165) is 23.0 Å². The number of aromatic amines is 1. The van der Waals surface area contributed by atoms with Crippen LogP contribution in [0.5, 0.6) is 5.75 Å². The van der Waals surface area contributed by atoms with E-state index in [1.54, 1.807) is 19.4 Å². The molecule has 4 rings (SSSR count). The molecule has 2 aromatic heterocycles. The second kappa shape index (κ2) is 10.7. The third-order valence-corrected chi connectivity index (χ3v) is 6.98. The second-order valence-corrected chi connectivity index (χ2v) is 10.8. The Kier molecular flexibility index (Phi) is 7.65. The molecule has 1 aromatic carbocycles. The van der Waals surface area contributed by atoms with Crippen LogP contribution in [0.2, 0.25) is 0 Å². The van der Waals surface area contributed by atoms with Crippen LogP contribution >= 0.6 is 0 Å². The molecule has 0 bridgehead atoms. The third-order valence-electron chi connectivity index (χ3n) is 6.06.